The Morgan fingerprint density at radius 1 is 1.03 bits per heavy atom. The van der Waals surface area contributed by atoms with Gasteiger partial charge in [-0.2, -0.15) is 45.9 Å². The van der Waals surface area contributed by atoms with Gasteiger partial charge in [-0.25, -0.2) is 31.0 Å². The number of anilines is 1. The van der Waals surface area contributed by atoms with E-state index in [-0.39, 0.29) is 39.4 Å². The molecule has 0 aliphatic heterocycles. The third kappa shape index (κ3) is 8.40. The van der Waals surface area contributed by atoms with Gasteiger partial charge >= 0.3 is 12.1 Å². The molecule has 1 saturated carbocycles. The van der Waals surface area contributed by atoms with Crippen LogP contribution in [-0.2, 0) is 40.8 Å². The molecular weight excluding hydrogens is 939 g/mol. The van der Waals surface area contributed by atoms with Gasteiger partial charge in [-0.05, 0) is 48.2 Å². The number of halogens is 12. The number of amides is 1. The first-order valence-electron chi connectivity index (χ1n) is 18.9. The Labute approximate surface area is 362 Å². The van der Waals surface area contributed by atoms with Gasteiger partial charge < -0.3 is 10.1 Å². The fourth-order valence-electron chi connectivity index (χ4n) is 7.95. The zero-order valence-corrected chi connectivity index (χ0v) is 34.6. The number of hydrogen-bond donors (Lipinski definition) is 2. The summed E-state index contributed by atoms with van der Waals surface area (Å²) in [6.07, 6.45) is -11.0. The second-order valence-electron chi connectivity index (χ2n) is 15.3. The molecule has 0 spiro atoms. The number of rotatable bonds is 14. The van der Waals surface area contributed by atoms with Crippen LogP contribution in [0, 0.1) is 17.6 Å². The maximum absolute atomic E-state index is 15.5. The van der Waals surface area contributed by atoms with Crippen LogP contribution in [0.4, 0.5) is 54.1 Å². The molecular formula is C38H29ClF11N9O5S. The summed E-state index contributed by atoms with van der Waals surface area (Å²) in [5, 5.41) is 9.70. The molecule has 346 valence electrons. The van der Waals surface area contributed by atoms with E-state index in [9.17, 15) is 57.5 Å². The van der Waals surface area contributed by atoms with Gasteiger partial charge in [0.1, 0.15) is 35.4 Å². The molecule has 2 N–H and O–H groups in total. The molecule has 4 heterocycles. The number of sulfonamides is 1. The van der Waals surface area contributed by atoms with Gasteiger partial charge in [-0.1, -0.05) is 11.6 Å². The minimum atomic E-state index is -5.91. The van der Waals surface area contributed by atoms with Crippen LogP contribution in [0.3, 0.4) is 0 Å². The molecule has 0 radical (unpaired) electrons. The molecule has 3 atom stereocenters. The van der Waals surface area contributed by atoms with E-state index < -0.39 is 141 Å². The zero-order valence-electron chi connectivity index (χ0n) is 33.0. The van der Waals surface area contributed by atoms with Crippen molar-refractivity contribution in [2.45, 2.75) is 62.2 Å². The molecule has 1 amide bonds. The van der Waals surface area contributed by atoms with Crippen LogP contribution in [0.5, 0.6) is 5.88 Å². The second-order valence-corrected chi connectivity index (χ2v) is 17.5. The van der Waals surface area contributed by atoms with E-state index in [1.807, 2.05) is 0 Å². The fraction of sp³-hybridized carbons (Fsp3) is 0.368. The van der Waals surface area contributed by atoms with Crippen LogP contribution in [0.2, 0.25) is 5.02 Å². The van der Waals surface area contributed by atoms with E-state index in [0.717, 1.165) is 39.8 Å². The Morgan fingerprint density at radius 2 is 1.72 bits per heavy atom. The maximum Gasteiger partial charge on any atom is 0.453 e. The molecule has 6 aromatic rings. The summed E-state index contributed by atoms with van der Waals surface area (Å²) in [5.74, 6) is -16.0. The monoisotopic (exact) mass is 967 g/mol. The van der Waals surface area contributed by atoms with Gasteiger partial charge in [-0.15, -0.1) is 0 Å². The lowest BCUT2D eigenvalue weighted by Crippen LogP contribution is -2.38. The number of hydrogen-bond acceptors (Lipinski definition) is 9. The second kappa shape index (κ2) is 15.8. The number of benzene rings is 2. The van der Waals surface area contributed by atoms with Gasteiger partial charge in [-0.3, -0.25) is 28.2 Å². The Hall–Kier alpha value is -6.05. The number of nitrogens with zero attached hydrogens (tertiary/aromatic N) is 7. The molecule has 27 heteroatoms. The number of alkyl halides is 9. The predicted molar refractivity (Wildman–Crippen MR) is 207 cm³/mol. The SMILES string of the molecule is Cn1nc(NS(C)(=O)=O)c2c(Cl)ccc(-n3c([C@H](Cc4cc(F)cc(F)c4)NC(=O)Cn4nc(C(F)F)c5c4C(F)(F)[C@@H]4C[C@H]54)nc4nc(OCCC(F)(F)C(F)(F)F)ccc4c3=O)c21. The number of fused-ring (bicyclic) bond motifs is 5. The summed E-state index contributed by atoms with van der Waals surface area (Å²) in [5.41, 5.74) is -4.38. The summed E-state index contributed by atoms with van der Waals surface area (Å²) < 4.78 is 189. The van der Waals surface area contributed by atoms with Gasteiger partial charge in [0.15, 0.2) is 11.5 Å². The van der Waals surface area contributed by atoms with Gasteiger partial charge in [0.05, 0.1) is 52.3 Å². The van der Waals surface area contributed by atoms with Crippen molar-refractivity contribution < 1.29 is 66.2 Å². The zero-order chi connectivity index (χ0) is 47.3. The van der Waals surface area contributed by atoms with E-state index >= 15 is 8.78 Å². The lowest BCUT2D eigenvalue weighted by atomic mass is 10.0. The average molecular weight is 968 g/mol. The van der Waals surface area contributed by atoms with E-state index in [2.05, 4.69) is 30.2 Å². The number of carbonyl (C=O) groups is 1. The van der Waals surface area contributed by atoms with Gasteiger partial charge in [0, 0.05) is 37.1 Å². The standard InChI is InChI=1S/C38H29ClF11N9O5S/c1-57-29-23(5-4-21(39)27(29)33(55-57)56-65(2,62)63)59-34(53-32-18(35(59)61)3-6-25(52-32)64-8-7-36(44,45)38(48,49)50)22(11-15-9-16(40)12-17(41)10-15)51-24(60)14-58-30-26(28(54-58)31(42)43)19-13-20(19)37(30,46)47/h3-6,9-10,12,19-20,22,31H,7-8,11,13-14H2,1-2H3,(H,51,60)(H,55,56)/t19-,20+,22-/m0/s1. The van der Waals surface area contributed by atoms with Crippen molar-refractivity contribution in [3.63, 3.8) is 0 Å². The van der Waals surface area contributed by atoms with E-state index in [4.69, 9.17) is 16.3 Å². The summed E-state index contributed by atoms with van der Waals surface area (Å²) in [4.78, 5) is 37.3. The van der Waals surface area contributed by atoms with Crippen molar-refractivity contribution in [3.8, 4) is 11.6 Å². The molecule has 0 bridgehead atoms. The normalized spacial score (nSPS) is 17.4. The van der Waals surface area contributed by atoms with Crippen molar-refractivity contribution >= 4 is 55.3 Å². The fourth-order valence-corrected chi connectivity index (χ4v) is 8.69. The van der Waals surface area contributed by atoms with Crippen LogP contribution < -0.4 is 20.3 Å². The average Bonchev–Trinajstić information content (AvgIpc) is 3.72. The molecule has 2 aliphatic rings. The molecule has 0 saturated heterocycles. The number of aromatic nitrogens is 7. The maximum atomic E-state index is 15.5. The molecule has 14 nitrogen and oxygen atoms in total. The third-order valence-corrected chi connectivity index (χ3v) is 11.6. The highest BCUT2D eigenvalue weighted by molar-refractivity contribution is 7.92. The first-order chi connectivity index (χ1) is 30.3. The van der Waals surface area contributed by atoms with Crippen LogP contribution in [0.25, 0.3) is 27.6 Å². The van der Waals surface area contributed by atoms with E-state index in [0.29, 0.717) is 10.7 Å². The molecule has 1 fully saturated rings. The summed E-state index contributed by atoms with van der Waals surface area (Å²) in [7, 11) is -2.69. The van der Waals surface area contributed by atoms with Crippen molar-refractivity contribution in [3.05, 3.63) is 97.8 Å². The molecule has 65 heavy (non-hydrogen) atoms. The molecule has 2 aliphatic carbocycles. The Bertz CT molecular complexity index is 3080. The minimum absolute atomic E-state index is 0.0686. The number of aryl methyl sites for hydroxylation is 1. The lowest BCUT2D eigenvalue weighted by Gasteiger charge is -2.24. The predicted octanol–water partition coefficient (Wildman–Crippen LogP) is 7.38. The summed E-state index contributed by atoms with van der Waals surface area (Å²) in [6, 6.07) is 4.82. The van der Waals surface area contributed by atoms with Crippen molar-refractivity contribution in [1.29, 1.82) is 0 Å². The van der Waals surface area contributed by atoms with Gasteiger partial charge in [0.25, 0.3) is 17.9 Å². The third-order valence-electron chi connectivity index (χ3n) is 10.7. The van der Waals surface area contributed by atoms with Gasteiger partial charge in [0.2, 0.25) is 21.8 Å². The highest BCUT2D eigenvalue weighted by Gasteiger charge is 2.67. The number of carbonyl (C=O) groups excluding carboxylic acids is 1. The van der Waals surface area contributed by atoms with Crippen molar-refractivity contribution in [2.75, 3.05) is 17.6 Å². The smallest absolute Gasteiger partial charge is 0.453 e. The summed E-state index contributed by atoms with van der Waals surface area (Å²) >= 11 is 6.53. The van der Waals surface area contributed by atoms with Crippen molar-refractivity contribution in [1.82, 2.24) is 39.4 Å². The number of pyridine rings is 1. The molecule has 0 unspecified atom stereocenters. The highest BCUT2D eigenvalue weighted by atomic mass is 35.5. The Morgan fingerprint density at radius 3 is 2.37 bits per heavy atom. The first kappa shape index (κ1) is 45.5. The Balaban J connectivity index is 1.30. The molecule has 4 aromatic heterocycles. The minimum Gasteiger partial charge on any atom is -0.477 e. The number of nitrogens with one attached hydrogen (secondary N) is 2. The van der Waals surface area contributed by atoms with Crippen LogP contribution in [0.15, 0.2) is 47.3 Å². The number of ether oxygens (including phenoxy) is 1. The topological polar surface area (TPSA) is 168 Å². The summed E-state index contributed by atoms with van der Waals surface area (Å²) in [6.45, 7) is -2.38. The molecule has 8 rings (SSSR count). The lowest BCUT2D eigenvalue weighted by molar-refractivity contribution is -0.285. The van der Waals surface area contributed by atoms with Crippen LogP contribution >= 0.6 is 11.6 Å². The van der Waals surface area contributed by atoms with Crippen LogP contribution in [-0.4, -0.2) is 73.4 Å². The Kier molecular flexibility index (Phi) is 11.1. The largest absolute Gasteiger partial charge is 0.477 e. The van der Waals surface area contributed by atoms with E-state index in [1.54, 1.807) is 0 Å². The first-order valence-corrected chi connectivity index (χ1v) is 21.2. The molecule has 2 aromatic carbocycles. The van der Waals surface area contributed by atoms with E-state index in [1.165, 1.54) is 19.2 Å². The quantitative estimate of drug-likeness (QED) is 0.106. The van der Waals surface area contributed by atoms with Crippen LogP contribution in [0.1, 0.15) is 59.6 Å². The highest BCUT2D eigenvalue weighted by Crippen LogP contribution is 2.68. The van der Waals surface area contributed by atoms with Crippen molar-refractivity contribution in [2.24, 2.45) is 13.0 Å².